The standard InChI is InChI=1S/C15H26N4O2S.HI/c1-12(14-8-6-5-7-9-14)13(2)19-15(16-3)17-10-11-18-22(4,20)21;/h5-9,12-13,18H,10-11H2,1-4H3,(H2,16,17,19);1H. The van der Waals surface area contributed by atoms with E-state index in [0.717, 1.165) is 6.26 Å². The molecule has 0 heterocycles. The van der Waals surface area contributed by atoms with E-state index in [4.69, 9.17) is 0 Å². The zero-order valence-corrected chi connectivity index (χ0v) is 17.2. The molecule has 0 aromatic heterocycles. The molecule has 2 atom stereocenters. The fourth-order valence-electron chi connectivity index (χ4n) is 2.00. The van der Waals surface area contributed by atoms with Crippen LogP contribution in [0.4, 0.5) is 0 Å². The lowest BCUT2D eigenvalue weighted by molar-refractivity contribution is 0.549. The summed E-state index contributed by atoms with van der Waals surface area (Å²) in [6, 6.07) is 10.5. The molecule has 132 valence electrons. The molecule has 1 aromatic carbocycles. The number of guanidine groups is 1. The second kappa shape index (κ2) is 10.8. The van der Waals surface area contributed by atoms with E-state index in [1.165, 1.54) is 5.56 Å². The highest BCUT2D eigenvalue weighted by molar-refractivity contribution is 14.0. The molecular weight excluding hydrogens is 427 g/mol. The number of nitrogens with one attached hydrogen (secondary N) is 3. The highest BCUT2D eigenvalue weighted by Crippen LogP contribution is 2.18. The third-order valence-electron chi connectivity index (χ3n) is 3.45. The van der Waals surface area contributed by atoms with Crippen molar-refractivity contribution in [1.29, 1.82) is 0 Å². The van der Waals surface area contributed by atoms with Gasteiger partial charge in [0.15, 0.2) is 5.96 Å². The third kappa shape index (κ3) is 9.11. The number of halogens is 1. The Hall–Kier alpha value is -0.870. The first-order valence-corrected chi connectivity index (χ1v) is 9.19. The predicted molar refractivity (Wildman–Crippen MR) is 107 cm³/mol. The summed E-state index contributed by atoms with van der Waals surface area (Å²) in [5, 5.41) is 6.42. The van der Waals surface area contributed by atoms with Crippen molar-refractivity contribution in [3.63, 3.8) is 0 Å². The van der Waals surface area contributed by atoms with Gasteiger partial charge in [0.05, 0.1) is 6.26 Å². The smallest absolute Gasteiger partial charge is 0.208 e. The largest absolute Gasteiger partial charge is 0.355 e. The molecule has 3 N–H and O–H groups in total. The molecule has 0 aliphatic heterocycles. The van der Waals surface area contributed by atoms with Crippen molar-refractivity contribution in [2.45, 2.75) is 25.8 Å². The molecule has 0 fully saturated rings. The summed E-state index contributed by atoms with van der Waals surface area (Å²) in [4.78, 5) is 4.16. The minimum atomic E-state index is -3.15. The van der Waals surface area contributed by atoms with Crippen LogP contribution in [0.5, 0.6) is 0 Å². The first-order valence-electron chi connectivity index (χ1n) is 7.30. The molecule has 23 heavy (non-hydrogen) atoms. The molecule has 0 saturated heterocycles. The van der Waals surface area contributed by atoms with Crippen LogP contribution in [0.3, 0.4) is 0 Å². The van der Waals surface area contributed by atoms with E-state index in [0.29, 0.717) is 25.0 Å². The zero-order valence-electron chi connectivity index (χ0n) is 14.0. The fraction of sp³-hybridized carbons (Fsp3) is 0.533. The Morgan fingerprint density at radius 2 is 1.78 bits per heavy atom. The average molecular weight is 454 g/mol. The van der Waals surface area contributed by atoms with Crippen LogP contribution in [0.1, 0.15) is 25.3 Å². The molecule has 0 amide bonds. The van der Waals surface area contributed by atoms with Crippen molar-refractivity contribution >= 4 is 40.0 Å². The van der Waals surface area contributed by atoms with Crippen molar-refractivity contribution in [1.82, 2.24) is 15.4 Å². The molecule has 0 saturated carbocycles. The van der Waals surface area contributed by atoms with Crippen LogP contribution < -0.4 is 15.4 Å². The average Bonchev–Trinajstić information content (AvgIpc) is 2.49. The Bertz CT molecular complexity index is 578. The van der Waals surface area contributed by atoms with E-state index in [9.17, 15) is 8.42 Å². The summed E-state index contributed by atoms with van der Waals surface area (Å²) in [5.74, 6) is 0.986. The minimum absolute atomic E-state index is 0. The van der Waals surface area contributed by atoms with Crippen LogP contribution in [0.15, 0.2) is 35.3 Å². The Morgan fingerprint density at radius 1 is 1.17 bits per heavy atom. The fourth-order valence-corrected chi connectivity index (χ4v) is 2.47. The van der Waals surface area contributed by atoms with Crippen molar-refractivity contribution in [3.05, 3.63) is 35.9 Å². The second-order valence-electron chi connectivity index (χ2n) is 5.30. The van der Waals surface area contributed by atoms with Crippen LogP contribution >= 0.6 is 24.0 Å². The monoisotopic (exact) mass is 454 g/mol. The predicted octanol–water partition coefficient (Wildman–Crippen LogP) is 1.51. The van der Waals surface area contributed by atoms with Crippen LogP contribution in [-0.4, -0.2) is 46.8 Å². The van der Waals surface area contributed by atoms with Crippen molar-refractivity contribution < 1.29 is 8.42 Å². The maximum atomic E-state index is 11.0. The molecule has 0 aliphatic rings. The number of rotatable bonds is 7. The summed E-state index contributed by atoms with van der Waals surface area (Å²) in [5.41, 5.74) is 1.26. The molecular formula is C15H27IN4O2S. The van der Waals surface area contributed by atoms with E-state index in [-0.39, 0.29) is 30.0 Å². The summed E-state index contributed by atoms with van der Waals surface area (Å²) >= 11 is 0. The molecule has 0 radical (unpaired) electrons. The van der Waals surface area contributed by atoms with Gasteiger partial charge < -0.3 is 10.6 Å². The van der Waals surface area contributed by atoms with Gasteiger partial charge >= 0.3 is 0 Å². The summed E-state index contributed by atoms with van der Waals surface area (Å²) < 4.78 is 24.4. The van der Waals surface area contributed by atoms with Gasteiger partial charge in [0.25, 0.3) is 0 Å². The van der Waals surface area contributed by atoms with Gasteiger partial charge in [-0.3, -0.25) is 4.99 Å². The van der Waals surface area contributed by atoms with Gasteiger partial charge in [0.1, 0.15) is 0 Å². The van der Waals surface area contributed by atoms with Gasteiger partial charge in [0.2, 0.25) is 10.0 Å². The summed E-state index contributed by atoms with van der Waals surface area (Å²) in [6.45, 7) is 5.05. The molecule has 2 unspecified atom stereocenters. The number of nitrogens with zero attached hydrogens (tertiary/aromatic N) is 1. The topological polar surface area (TPSA) is 82.6 Å². The van der Waals surface area contributed by atoms with E-state index in [1.54, 1.807) is 7.05 Å². The third-order valence-corrected chi connectivity index (χ3v) is 4.17. The van der Waals surface area contributed by atoms with E-state index >= 15 is 0 Å². The first-order chi connectivity index (χ1) is 10.3. The quantitative estimate of drug-likeness (QED) is 0.253. The highest BCUT2D eigenvalue weighted by Gasteiger charge is 2.15. The number of hydrogen-bond donors (Lipinski definition) is 3. The normalized spacial score (nSPS) is 14.5. The van der Waals surface area contributed by atoms with Gasteiger partial charge in [-0.1, -0.05) is 37.3 Å². The highest BCUT2D eigenvalue weighted by atomic mass is 127. The molecule has 6 nitrogen and oxygen atoms in total. The van der Waals surface area contributed by atoms with Gasteiger partial charge in [0, 0.05) is 32.1 Å². The van der Waals surface area contributed by atoms with Crippen LogP contribution in [0, 0.1) is 0 Å². The molecule has 1 aromatic rings. The number of benzene rings is 1. The van der Waals surface area contributed by atoms with E-state index in [2.05, 4.69) is 46.3 Å². The van der Waals surface area contributed by atoms with Gasteiger partial charge in [-0.25, -0.2) is 13.1 Å². The first kappa shape index (κ1) is 22.1. The SMILES string of the molecule is CN=C(NCCNS(C)(=O)=O)NC(C)C(C)c1ccccc1.I. The van der Waals surface area contributed by atoms with Crippen LogP contribution in [0.25, 0.3) is 0 Å². The van der Waals surface area contributed by atoms with Crippen molar-refractivity contribution in [2.24, 2.45) is 4.99 Å². The number of hydrogen-bond acceptors (Lipinski definition) is 3. The lowest BCUT2D eigenvalue weighted by atomic mass is 9.94. The van der Waals surface area contributed by atoms with Gasteiger partial charge in [-0.15, -0.1) is 24.0 Å². The molecule has 0 aliphatic carbocycles. The van der Waals surface area contributed by atoms with Crippen LogP contribution in [-0.2, 0) is 10.0 Å². The Morgan fingerprint density at radius 3 is 2.30 bits per heavy atom. The number of aliphatic imine (C=N–C) groups is 1. The van der Waals surface area contributed by atoms with Crippen LogP contribution in [0.2, 0.25) is 0 Å². The molecule has 8 heteroatoms. The molecule has 1 rings (SSSR count). The lowest BCUT2D eigenvalue weighted by Crippen LogP contribution is -2.46. The van der Waals surface area contributed by atoms with Crippen molar-refractivity contribution in [3.8, 4) is 0 Å². The maximum absolute atomic E-state index is 11.0. The zero-order chi connectivity index (χ0) is 16.6. The summed E-state index contributed by atoms with van der Waals surface area (Å²) in [6.07, 6.45) is 1.14. The van der Waals surface area contributed by atoms with Crippen molar-refractivity contribution in [2.75, 3.05) is 26.4 Å². The van der Waals surface area contributed by atoms with E-state index < -0.39 is 10.0 Å². The minimum Gasteiger partial charge on any atom is -0.355 e. The molecule has 0 bridgehead atoms. The Labute approximate surface area is 156 Å². The van der Waals surface area contributed by atoms with E-state index in [1.807, 2.05) is 18.2 Å². The Kier molecular flexibility index (Phi) is 10.4. The van der Waals surface area contributed by atoms with Gasteiger partial charge in [-0.2, -0.15) is 0 Å². The molecule has 0 spiro atoms. The lowest BCUT2D eigenvalue weighted by Gasteiger charge is -2.24. The Balaban J connectivity index is 0.00000484. The van der Waals surface area contributed by atoms with Gasteiger partial charge in [-0.05, 0) is 12.5 Å². The second-order valence-corrected chi connectivity index (χ2v) is 7.13. The maximum Gasteiger partial charge on any atom is 0.208 e. The summed E-state index contributed by atoms with van der Waals surface area (Å²) in [7, 11) is -1.46. The number of sulfonamides is 1.